The van der Waals surface area contributed by atoms with Crippen molar-refractivity contribution in [3.8, 4) is 0 Å². The summed E-state index contributed by atoms with van der Waals surface area (Å²) in [5.74, 6) is -0.945. The molecule has 0 aromatic heterocycles. The van der Waals surface area contributed by atoms with Crippen molar-refractivity contribution in [3.05, 3.63) is 72.9 Å². The van der Waals surface area contributed by atoms with Gasteiger partial charge < -0.3 is 20.1 Å². The van der Waals surface area contributed by atoms with Crippen LogP contribution in [-0.2, 0) is 32.7 Å². The van der Waals surface area contributed by atoms with E-state index in [2.05, 4.69) is 74.6 Å². The Bertz CT molecular complexity index is 1070. The molecule has 0 amide bonds. The highest BCUT2D eigenvalue weighted by molar-refractivity contribution is 7.47. The number of hydrogen-bond donors (Lipinski definition) is 2. The predicted molar refractivity (Wildman–Crippen MR) is 210 cm³/mol. The van der Waals surface area contributed by atoms with Crippen LogP contribution in [0.15, 0.2) is 72.9 Å². The van der Waals surface area contributed by atoms with Gasteiger partial charge in [-0.25, -0.2) is 4.57 Å². The van der Waals surface area contributed by atoms with Crippen LogP contribution in [0.25, 0.3) is 0 Å². The Kier molecular flexibility index (Phi) is 35.4. The van der Waals surface area contributed by atoms with Crippen LogP contribution in [-0.4, -0.2) is 49.3 Å². The fourth-order valence-electron chi connectivity index (χ4n) is 4.65. The Morgan fingerprint density at radius 3 is 1.67 bits per heavy atom. The first-order chi connectivity index (χ1) is 24.8. The fourth-order valence-corrected chi connectivity index (χ4v) is 5.42. The summed E-state index contributed by atoms with van der Waals surface area (Å²) in [6.45, 7) is 3.53. The third-order valence-electron chi connectivity index (χ3n) is 7.58. The smallest absolute Gasteiger partial charge is 0.462 e. The number of ether oxygens (including phenoxy) is 2. The standard InChI is InChI=1S/C41H70NO8P/c1-3-5-7-9-11-13-15-16-17-18-19-20-21-22-24-26-28-30-32-34-41(44)50-39(38-49-51(45,46)48-36-35-42)37-47-40(43)33-31-29-27-25-23-14-12-10-8-6-4-2/h10-13,16-17,19-20,22,24,28,30,39H,3-9,14-15,18,21,23,25-27,29,31-38,42H2,1-2H3,(H,45,46). The molecule has 0 aliphatic carbocycles. The molecular weight excluding hydrogens is 665 g/mol. The van der Waals surface area contributed by atoms with Gasteiger partial charge in [-0.3, -0.25) is 18.6 Å². The maximum absolute atomic E-state index is 12.5. The Morgan fingerprint density at radius 2 is 1.08 bits per heavy atom. The van der Waals surface area contributed by atoms with Crippen LogP contribution in [0.1, 0.15) is 142 Å². The summed E-state index contributed by atoms with van der Waals surface area (Å²) in [5, 5.41) is 0. The van der Waals surface area contributed by atoms with E-state index in [9.17, 15) is 19.0 Å². The van der Waals surface area contributed by atoms with Crippen molar-refractivity contribution in [1.82, 2.24) is 0 Å². The molecule has 3 N–H and O–H groups in total. The summed E-state index contributed by atoms with van der Waals surface area (Å²) < 4.78 is 32.5. The topological polar surface area (TPSA) is 134 Å². The monoisotopic (exact) mass is 735 g/mol. The molecule has 0 spiro atoms. The van der Waals surface area contributed by atoms with Gasteiger partial charge in [0.25, 0.3) is 0 Å². The van der Waals surface area contributed by atoms with Gasteiger partial charge in [0.05, 0.1) is 13.2 Å². The van der Waals surface area contributed by atoms with Gasteiger partial charge >= 0.3 is 19.8 Å². The lowest BCUT2D eigenvalue weighted by Gasteiger charge is -2.19. The van der Waals surface area contributed by atoms with Crippen molar-refractivity contribution < 1.29 is 37.6 Å². The Labute approximate surface area is 310 Å². The maximum Gasteiger partial charge on any atom is 0.472 e. The summed E-state index contributed by atoms with van der Waals surface area (Å²) in [6, 6.07) is 0. The SMILES string of the molecule is CCCCC=CCCCCCCCC(=O)OCC(COP(=O)(O)OCCN)OC(=O)CCC=CCC=CCC=CCC=CCC=CCCCCC. The highest BCUT2D eigenvalue weighted by Crippen LogP contribution is 2.43. The van der Waals surface area contributed by atoms with Crippen LogP contribution in [0, 0.1) is 0 Å². The van der Waals surface area contributed by atoms with Gasteiger partial charge in [0.2, 0.25) is 0 Å². The van der Waals surface area contributed by atoms with Crippen molar-refractivity contribution in [3.63, 3.8) is 0 Å². The number of rotatable bonds is 35. The normalized spacial score (nSPS) is 14.2. The highest BCUT2D eigenvalue weighted by atomic mass is 31.2. The number of nitrogens with two attached hydrogens (primary N) is 1. The quantitative estimate of drug-likeness (QED) is 0.0282. The molecule has 0 radical (unpaired) electrons. The molecular formula is C41H70NO8P. The lowest BCUT2D eigenvalue weighted by molar-refractivity contribution is -0.161. The van der Waals surface area contributed by atoms with E-state index in [1.165, 1.54) is 38.5 Å². The summed E-state index contributed by atoms with van der Waals surface area (Å²) in [7, 11) is -4.40. The van der Waals surface area contributed by atoms with Crippen molar-refractivity contribution in [1.29, 1.82) is 0 Å². The average Bonchev–Trinajstić information content (AvgIpc) is 3.11. The molecule has 2 unspecified atom stereocenters. The summed E-state index contributed by atoms with van der Waals surface area (Å²) in [5.41, 5.74) is 5.32. The molecule has 0 fully saturated rings. The van der Waals surface area contributed by atoms with Crippen LogP contribution in [0.4, 0.5) is 0 Å². The van der Waals surface area contributed by atoms with E-state index < -0.39 is 32.5 Å². The molecule has 0 bridgehead atoms. The van der Waals surface area contributed by atoms with E-state index in [0.29, 0.717) is 12.8 Å². The molecule has 2 atom stereocenters. The number of phosphoric acid groups is 1. The van der Waals surface area contributed by atoms with Crippen LogP contribution < -0.4 is 5.73 Å². The first-order valence-corrected chi connectivity index (χ1v) is 20.9. The van der Waals surface area contributed by atoms with Gasteiger partial charge in [0.15, 0.2) is 6.10 Å². The summed E-state index contributed by atoms with van der Waals surface area (Å²) in [6.07, 6.45) is 43.8. The molecule has 0 heterocycles. The van der Waals surface area contributed by atoms with Crippen LogP contribution in [0.3, 0.4) is 0 Å². The minimum Gasteiger partial charge on any atom is -0.462 e. The predicted octanol–water partition coefficient (Wildman–Crippen LogP) is 10.7. The second kappa shape index (κ2) is 37.2. The zero-order valence-corrected chi connectivity index (χ0v) is 32.7. The van der Waals surface area contributed by atoms with Gasteiger partial charge in [0, 0.05) is 19.4 Å². The van der Waals surface area contributed by atoms with E-state index in [1.54, 1.807) is 0 Å². The van der Waals surface area contributed by atoms with Crippen molar-refractivity contribution in [2.45, 2.75) is 148 Å². The zero-order valence-electron chi connectivity index (χ0n) is 31.8. The lowest BCUT2D eigenvalue weighted by atomic mass is 10.1. The number of hydrogen-bond acceptors (Lipinski definition) is 8. The fraction of sp³-hybridized carbons (Fsp3) is 0.659. The number of unbranched alkanes of at least 4 members (excludes halogenated alkanes) is 10. The summed E-state index contributed by atoms with van der Waals surface area (Å²) in [4.78, 5) is 34.6. The molecule has 0 saturated heterocycles. The van der Waals surface area contributed by atoms with Crippen LogP contribution in [0.5, 0.6) is 0 Å². The maximum atomic E-state index is 12.5. The molecule has 51 heavy (non-hydrogen) atoms. The number of esters is 2. The molecule has 0 aromatic carbocycles. The minimum atomic E-state index is -4.40. The Morgan fingerprint density at radius 1 is 0.588 bits per heavy atom. The highest BCUT2D eigenvalue weighted by Gasteiger charge is 2.25. The molecule has 292 valence electrons. The minimum absolute atomic E-state index is 0.0377. The largest absolute Gasteiger partial charge is 0.472 e. The Hall–Kier alpha value is -2.55. The third kappa shape index (κ3) is 37.0. The van der Waals surface area contributed by atoms with E-state index in [-0.39, 0.29) is 32.6 Å². The number of allylic oxidation sites excluding steroid dienone is 12. The summed E-state index contributed by atoms with van der Waals surface area (Å²) >= 11 is 0. The molecule has 10 heteroatoms. The van der Waals surface area contributed by atoms with Gasteiger partial charge in [-0.05, 0) is 70.6 Å². The number of phosphoric ester groups is 1. The third-order valence-corrected chi connectivity index (χ3v) is 8.56. The van der Waals surface area contributed by atoms with E-state index in [1.807, 2.05) is 12.2 Å². The number of carbonyl (C=O) groups excluding carboxylic acids is 2. The molecule has 9 nitrogen and oxygen atoms in total. The van der Waals surface area contributed by atoms with Crippen molar-refractivity contribution >= 4 is 19.8 Å². The van der Waals surface area contributed by atoms with Gasteiger partial charge in [-0.1, -0.05) is 132 Å². The van der Waals surface area contributed by atoms with Gasteiger partial charge in [0.1, 0.15) is 6.61 Å². The van der Waals surface area contributed by atoms with Gasteiger partial charge in [-0.15, -0.1) is 0 Å². The Balaban J connectivity index is 4.38. The second-order valence-electron chi connectivity index (χ2n) is 12.4. The van der Waals surface area contributed by atoms with Crippen molar-refractivity contribution in [2.75, 3.05) is 26.4 Å². The van der Waals surface area contributed by atoms with E-state index >= 15 is 0 Å². The first kappa shape index (κ1) is 48.5. The van der Waals surface area contributed by atoms with Crippen LogP contribution in [0.2, 0.25) is 0 Å². The van der Waals surface area contributed by atoms with E-state index in [4.69, 9.17) is 24.3 Å². The lowest BCUT2D eigenvalue weighted by Crippen LogP contribution is -2.29. The molecule has 0 aliphatic rings. The molecule has 0 saturated carbocycles. The molecule has 0 aliphatic heterocycles. The van der Waals surface area contributed by atoms with Gasteiger partial charge in [-0.2, -0.15) is 0 Å². The average molecular weight is 736 g/mol. The number of carbonyl (C=O) groups is 2. The van der Waals surface area contributed by atoms with Crippen molar-refractivity contribution in [2.24, 2.45) is 5.73 Å². The molecule has 0 rings (SSSR count). The zero-order chi connectivity index (χ0) is 37.5. The first-order valence-electron chi connectivity index (χ1n) is 19.4. The second-order valence-corrected chi connectivity index (χ2v) is 13.9. The van der Waals surface area contributed by atoms with E-state index in [0.717, 1.165) is 64.2 Å². The van der Waals surface area contributed by atoms with Crippen LogP contribution >= 0.6 is 7.82 Å². The molecule has 0 aromatic rings.